The lowest BCUT2D eigenvalue weighted by atomic mass is 9.75. The summed E-state index contributed by atoms with van der Waals surface area (Å²) in [5.74, 6) is 0. The third kappa shape index (κ3) is 2.89. The molecular formula is C21H29BO2. The van der Waals surface area contributed by atoms with Gasteiger partial charge < -0.3 is 9.31 Å². The molecule has 1 fully saturated rings. The summed E-state index contributed by atoms with van der Waals surface area (Å²) in [6.45, 7) is 17.3. The van der Waals surface area contributed by atoms with Gasteiger partial charge in [-0.2, -0.15) is 0 Å². The summed E-state index contributed by atoms with van der Waals surface area (Å²) in [7, 11) is -0.304. The van der Waals surface area contributed by atoms with E-state index < -0.39 is 0 Å². The molecule has 0 aliphatic carbocycles. The number of rotatable bonds is 1. The van der Waals surface area contributed by atoms with Gasteiger partial charge in [-0.25, -0.2) is 0 Å². The van der Waals surface area contributed by atoms with Crippen LogP contribution in [0.5, 0.6) is 0 Å². The van der Waals surface area contributed by atoms with Gasteiger partial charge in [0, 0.05) is 0 Å². The molecule has 0 amide bonds. The van der Waals surface area contributed by atoms with Crippen LogP contribution in [-0.2, 0) is 14.7 Å². The van der Waals surface area contributed by atoms with E-state index in [1.165, 1.54) is 21.9 Å². The van der Waals surface area contributed by atoms with E-state index in [1.807, 2.05) is 0 Å². The van der Waals surface area contributed by atoms with Crippen molar-refractivity contribution in [3.63, 3.8) is 0 Å². The molecule has 128 valence electrons. The minimum absolute atomic E-state index is 0.159. The highest BCUT2D eigenvalue weighted by molar-refractivity contribution is 6.63. The summed E-state index contributed by atoms with van der Waals surface area (Å²) in [5.41, 5.74) is 3.24. The molecule has 0 bridgehead atoms. The van der Waals surface area contributed by atoms with Gasteiger partial charge in [0.2, 0.25) is 0 Å². The summed E-state index contributed by atoms with van der Waals surface area (Å²) in [6.07, 6.45) is 0. The summed E-state index contributed by atoms with van der Waals surface area (Å²) >= 11 is 0. The number of hydrogen-bond donors (Lipinski definition) is 0. The lowest BCUT2D eigenvalue weighted by Gasteiger charge is -2.32. The van der Waals surface area contributed by atoms with E-state index in [1.54, 1.807) is 0 Å². The summed E-state index contributed by atoms with van der Waals surface area (Å²) in [6, 6.07) is 11.2. The molecule has 2 nitrogen and oxygen atoms in total. The van der Waals surface area contributed by atoms with Crippen molar-refractivity contribution in [1.82, 2.24) is 0 Å². The van der Waals surface area contributed by atoms with Gasteiger partial charge in [-0.3, -0.25) is 0 Å². The van der Waals surface area contributed by atoms with Gasteiger partial charge in [-0.1, -0.05) is 56.7 Å². The molecule has 24 heavy (non-hydrogen) atoms. The zero-order chi connectivity index (χ0) is 17.9. The average Bonchev–Trinajstić information content (AvgIpc) is 2.64. The Morgan fingerprint density at radius 1 is 0.833 bits per heavy atom. The Morgan fingerprint density at radius 2 is 1.42 bits per heavy atom. The van der Waals surface area contributed by atoms with Gasteiger partial charge in [-0.05, 0) is 61.8 Å². The standard InChI is InChI=1S/C21H29BO2/c1-14-11-16-12-17(19(2,3)4)10-9-15(16)13-18(14)22-23-20(5,6)21(7,8)24-22/h9-13H,1-8H3. The van der Waals surface area contributed by atoms with E-state index >= 15 is 0 Å². The fraction of sp³-hybridized carbons (Fsp3) is 0.524. The number of aryl methyl sites for hydroxylation is 1. The second kappa shape index (κ2) is 5.34. The van der Waals surface area contributed by atoms with Crippen molar-refractivity contribution in [3.8, 4) is 0 Å². The fourth-order valence-corrected chi connectivity index (χ4v) is 3.12. The Morgan fingerprint density at radius 3 is 1.96 bits per heavy atom. The Labute approximate surface area is 146 Å². The quantitative estimate of drug-likeness (QED) is 0.705. The number of fused-ring (bicyclic) bond motifs is 1. The topological polar surface area (TPSA) is 18.5 Å². The average molecular weight is 324 g/mol. The normalized spacial score (nSPS) is 19.9. The van der Waals surface area contributed by atoms with Crippen LogP contribution in [0, 0.1) is 6.92 Å². The smallest absolute Gasteiger partial charge is 0.399 e. The monoisotopic (exact) mass is 324 g/mol. The highest BCUT2D eigenvalue weighted by atomic mass is 16.7. The molecule has 0 atom stereocenters. The van der Waals surface area contributed by atoms with Gasteiger partial charge in [0.1, 0.15) is 0 Å². The van der Waals surface area contributed by atoms with Crippen molar-refractivity contribution in [2.45, 2.75) is 72.0 Å². The third-order valence-electron chi connectivity index (χ3n) is 5.60. The fourth-order valence-electron chi connectivity index (χ4n) is 3.12. The Balaban J connectivity index is 2.04. The molecule has 0 unspecified atom stereocenters. The molecule has 1 heterocycles. The first-order chi connectivity index (χ1) is 10.9. The SMILES string of the molecule is Cc1cc2cc(C(C)(C)C)ccc2cc1B1OC(C)(C)C(C)(C)O1. The molecule has 3 heteroatoms. The van der Waals surface area contributed by atoms with Crippen LogP contribution in [0.3, 0.4) is 0 Å². The third-order valence-corrected chi connectivity index (χ3v) is 5.60. The largest absolute Gasteiger partial charge is 0.495 e. The van der Waals surface area contributed by atoms with Gasteiger partial charge in [0.25, 0.3) is 0 Å². The highest BCUT2D eigenvalue weighted by Gasteiger charge is 2.52. The van der Waals surface area contributed by atoms with Crippen molar-refractivity contribution in [1.29, 1.82) is 0 Å². The van der Waals surface area contributed by atoms with Crippen molar-refractivity contribution >= 4 is 23.4 Å². The van der Waals surface area contributed by atoms with Gasteiger partial charge in [-0.15, -0.1) is 0 Å². The maximum atomic E-state index is 6.24. The van der Waals surface area contributed by atoms with E-state index in [2.05, 4.69) is 85.7 Å². The van der Waals surface area contributed by atoms with Crippen LogP contribution in [0.25, 0.3) is 10.8 Å². The molecule has 0 aromatic heterocycles. The van der Waals surface area contributed by atoms with Gasteiger partial charge >= 0.3 is 7.12 Å². The van der Waals surface area contributed by atoms with Crippen molar-refractivity contribution in [2.24, 2.45) is 0 Å². The maximum Gasteiger partial charge on any atom is 0.495 e. The summed E-state index contributed by atoms with van der Waals surface area (Å²) in [5, 5.41) is 2.51. The Bertz CT molecular complexity index is 768. The van der Waals surface area contributed by atoms with Crippen molar-refractivity contribution < 1.29 is 9.31 Å². The van der Waals surface area contributed by atoms with Crippen LogP contribution in [0.2, 0.25) is 0 Å². The maximum absolute atomic E-state index is 6.24. The van der Waals surface area contributed by atoms with Crippen LogP contribution < -0.4 is 5.46 Å². The molecule has 1 aliphatic rings. The number of hydrogen-bond acceptors (Lipinski definition) is 2. The minimum Gasteiger partial charge on any atom is -0.399 e. The predicted octanol–water partition coefficient (Wildman–Crippen LogP) is 4.74. The first-order valence-corrected chi connectivity index (χ1v) is 8.81. The molecule has 0 saturated carbocycles. The van der Waals surface area contributed by atoms with E-state index in [-0.39, 0.29) is 23.7 Å². The van der Waals surface area contributed by atoms with Crippen LogP contribution >= 0.6 is 0 Å². The zero-order valence-electron chi connectivity index (χ0n) is 16.3. The minimum atomic E-state index is -0.310. The van der Waals surface area contributed by atoms with Crippen molar-refractivity contribution in [2.75, 3.05) is 0 Å². The molecular weight excluding hydrogens is 295 g/mol. The highest BCUT2D eigenvalue weighted by Crippen LogP contribution is 2.37. The second-order valence-corrected chi connectivity index (χ2v) is 9.11. The van der Waals surface area contributed by atoms with Crippen molar-refractivity contribution in [3.05, 3.63) is 41.5 Å². The predicted molar refractivity (Wildman–Crippen MR) is 103 cm³/mol. The van der Waals surface area contributed by atoms with E-state index in [0.29, 0.717) is 0 Å². The molecule has 1 aliphatic heterocycles. The number of benzene rings is 2. The lowest BCUT2D eigenvalue weighted by Crippen LogP contribution is -2.41. The molecule has 2 aromatic carbocycles. The van der Waals surface area contributed by atoms with Crippen LogP contribution in [0.1, 0.15) is 59.6 Å². The molecule has 0 radical (unpaired) electrons. The van der Waals surface area contributed by atoms with E-state index in [9.17, 15) is 0 Å². The molecule has 3 rings (SSSR count). The molecule has 1 saturated heterocycles. The van der Waals surface area contributed by atoms with Crippen LogP contribution in [0.4, 0.5) is 0 Å². The van der Waals surface area contributed by atoms with Crippen LogP contribution in [0.15, 0.2) is 30.3 Å². The lowest BCUT2D eigenvalue weighted by molar-refractivity contribution is 0.00578. The molecule has 0 N–H and O–H groups in total. The summed E-state index contributed by atoms with van der Waals surface area (Å²) < 4.78 is 12.5. The second-order valence-electron chi connectivity index (χ2n) is 9.11. The molecule has 0 spiro atoms. The Hall–Kier alpha value is -1.32. The first-order valence-electron chi connectivity index (χ1n) is 8.81. The molecule has 2 aromatic rings. The van der Waals surface area contributed by atoms with Gasteiger partial charge in [0.05, 0.1) is 11.2 Å². The van der Waals surface area contributed by atoms with E-state index in [0.717, 1.165) is 5.46 Å². The first kappa shape index (κ1) is 17.5. The van der Waals surface area contributed by atoms with Crippen LogP contribution in [-0.4, -0.2) is 18.3 Å². The van der Waals surface area contributed by atoms with Gasteiger partial charge in [0.15, 0.2) is 0 Å². The zero-order valence-corrected chi connectivity index (χ0v) is 16.3. The Kier molecular flexibility index (Phi) is 3.89. The van der Waals surface area contributed by atoms with E-state index in [4.69, 9.17) is 9.31 Å². The summed E-state index contributed by atoms with van der Waals surface area (Å²) in [4.78, 5) is 0.